The zero-order valence-electron chi connectivity index (χ0n) is 26.7. The highest BCUT2D eigenvalue weighted by Crippen LogP contribution is 2.42. The molecule has 2 aliphatic rings. The van der Waals surface area contributed by atoms with Crippen LogP contribution in [0.1, 0.15) is 98.9 Å². The standard InChI is InChI=1S/C15H17N3O2.C15H16O2.C3H9N3Si/c1-9-6-12(10-4-3-5-10)13(14-8-16-18-17-14)7-11(9)15(19)20-2;1-4-11-9-13(15(16)17-3)10(2)8-14(11)12-6-5-7-12;1-7(2,3)6-5-4/h6-8,10H,3-5H2,1-2H3,(H,16,17,18);1,8-9,12H,5-7H2,2-3H3;1-3H3. The number of azide groups is 1. The molecule has 2 fully saturated rings. The molecule has 0 unspecified atom stereocenters. The lowest BCUT2D eigenvalue weighted by atomic mass is 9.76. The van der Waals surface area contributed by atoms with Gasteiger partial charge in [0.05, 0.1) is 31.5 Å². The van der Waals surface area contributed by atoms with Crippen LogP contribution in [0.5, 0.6) is 0 Å². The Hall–Kier alpha value is -4.39. The van der Waals surface area contributed by atoms with Gasteiger partial charge in [-0.05, 0) is 96.2 Å². The fourth-order valence-corrected chi connectivity index (χ4v) is 5.31. The van der Waals surface area contributed by atoms with E-state index in [9.17, 15) is 9.59 Å². The van der Waals surface area contributed by atoms with Gasteiger partial charge in [0.15, 0.2) is 0 Å². The Morgan fingerprint density at radius 1 is 0.955 bits per heavy atom. The normalized spacial score (nSPS) is 14.1. The Bertz CT molecular complexity index is 1560. The number of esters is 2. The molecule has 0 atom stereocenters. The van der Waals surface area contributed by atoms with Crippen molar-refractivity contribution < 1.29 is 19.1 Å². The number of ether oxygens (including phenoxy) is 2. The summed E-state index contributed by atoms with van der Waals surface area (Å²) in [6, 6.07) is 7.81. The Labute approximate surface area is 260 Å². The largest absolute Gasteiger partial charge is 0.465 e. The fourth-order valence-electron chi connectivity index (χ4n) is 5.05. The highest BCUT2D eigenvalue weighted by Gasteiger charge is 2.26. The molecule has 2 saturated carbocycles. The van der Waals surface area contributed by atoms with E-state index < -0.39 is 8.24 Å². The van der Waals surface area contributed by atoms with Crippen LogP contribution in [0.15, 0.2) is 35.2 Å². The van der Waals surface area contributed by atoms with Gasteiger partial charge in [-0.15, -0.1) is 11.2 Å². The predicted molar refractivity (Wildman–Crippen MR) is 174 cm³/mol. The van der Waals surface area contributed by atoms with Gasteiger partial charge in [-0.1, -0.05) is 50.5 Å². The van der Waals surface area contributed by atoms with Crippen LogP contribution in [-0.4, -0.2) is 49.8 Å². The number of aromatic nitrogens is 3. The SMILES string of the molecule is C#Cc1cc(C(=O)OC)c(C)cc1C1CCC1.COC(=O)c1cc(-c2cn[nH]n2)c(C2CCC2)cc1C.C[Si](C)(C)N=[N+]=[N-]. The summed E-state index contributed by atoms with van der Waals surface area (Å²) in [7, 11) is 1.34. The number of aryl methyl sites for hydroxylation is 2. The number of rotatable bonds is 6. The van der Waals surface area contributed by atoms with Crippen molar-refractivity contribution in [2.45, 2.75) is 83.8 Å². The first-order valence-electron chi connectivity index (χ1n) is 14.8. The lowest BCUT2D eigenvalue weighted by molar-refractivity contribution is 0.0591. The lowest BCUT2D eigenvalue weighted by Gasteiger charge is -2.28. The molecule has 0 bridgehead atoms. The summed E-state index contributed by atoms with van der Waals surface area (Å²) in [5.41, 5.74) is 16.0. The van der Waals surface area contributed by atoms with Crippen LogP contribution in [-0.2, 0) is 9.47 Å². The molecule has 1 heterocycles. The molecular weight excluding hydrogens is 572 g/mol. The van der Waals surface area contributed by atoms with Crippen molar-refractivity contribution in [1.29, 1.82) is 0 Å². The van der Waals surface area contributed by atoms with Crippen LogP contribution in [0.2, 0.25) is 19.6 Å². The molecule has 44 heavy (non-hydrogen) atoms. The maximum absolute atomic E-state index is 11.9. The van der Waals surface area contributed by atoms with Crippen molar-refractivity contribution in [3.63, 3.8) is 0 Å². The topological polar surface area (TPSA) is 143 Å². The predicted octanol–water partition coefficient (Wildman–Crippen LogP) is 8.00. The highest BCUT2D eigenvalue weighted by molar-refractivity contribution is 6.74. The third kappa shape index (κ3) is 8.59. The maximum Gasteiger partial charge on any atom is 0.338 e. The van der Waals surface area contributed by atoms with Gasteiger partial charge in [-0.3, -0.25) is 0 Å². The van der Waals surface area contributed by atoms with Crippen molar-refractivity contribution in [2.75, 3.05) is 14.2 Å². The van der Waals surface area contributed by atoms with E-state index in [1.807, 2.05) is 45.6 Å². The summed E-state index contributed by atoms with van der Waals surface area (Å²) in [6.45, 7) is 9.85. The molecule has 232 valence electrons. The molecule has 1 aromatic heterocycles. The second-order valence-electron chi connectivity index (χ2n) is 12.1. The minimum Gasteiger partial charge on any atom is -0.465 e. The molecule has 5 rings (SSSR count). The molecule has 10 nitrogen and oxygen atoms in total. The van der Waals surface area contributed by atoms with Crippen LogP contribution >= 0.6 is 0 Å². The molecule has 0 saturated heterocycles. The summed E-state index contributed by atoms with van der Waals surface area (Å²) in [5.74, 6) is 3.19. The number of terminal acetylenes is 1. The molecule has 0 radical (unpaired) electrons. The van der Waals surface area contributed by atoms with E-state index in [0.717, 1.165) is 27.9 Å². The van der Waals surface area contributed by atoms with E-state index in [-0.39, 0.29) is 11.9 Å². The van der Waals surface area contributed by atoms with E-state index >= 15 is 0 Å². The lowest BCUT2D eigenvalue weighted by Crippen LogP contribution is -2.13. The number of aromatic amines is 1. The monoisotopic (exact) mass is 614 g/mol. The zero-order chi connectivity index (χ0) is 32.4. The van der Waals surface area contributed by atoms with Gasteiger partial charge in [-0.2, -0.15) is 15.4 Å². The average Bonchev–Trinajstić information content (AvgIpc) is 3.46. The quantitative estimate of drug-likeness (QED) is 0.0744. The zero-order valence-corrected chi connectivity index (χ0v) is 27.7. The highest BCUT2D eigenvalue weighted by atomic mass is 28.3. The van der Waals surface area contributed by atoms with Gasteiger partial charge in [-0.25, -0.2) is 9.59 Å². The Balaban J connectivity index is 0.000000201. The van der Waals surface area contributed by atoms with E-state index in [1.165, 1.54) is 63.9 Å². The smallest absolute Gasteiger partial charge is 0.338 e. The van der Waals surface area contributed by atoms with Gasteiger partial charge >= 0.3 is 11.9 Å². The minimum absolute atomic E-state index is 0.313. The molecule has 11 heteroatoms. The number of benzene rings is 2. The number of carbonyl (C=O) groups is 2. The summed E-state index contributed by atoms with van der Waals surface area (Å²) in [4.78, 5) is 26.1. The van der Waals surface area contributed by atoms with Gasteiger partial charge in [0.2, 0.25) is 0 Å². The third-order valence-electron chi connectivity index (χ3n) is 7.88. The number of nitrogens with zero attached hydrogens (tertiary/aromatic N) is 5. The van der Waals surface area contributed by atoms with Crippen molar-refractivity contribution in [2.24, 2.45) is 4.78 Å². The Morgan fingerprint density at radius 2 is 1.48 bits per heavy atom. The first-order chi connectivity index (χ1) is 20.9. The molecule has 0 spiro atoms. The minimum atomic E-state index is -1.45. The first kappa shape index (κ1) is 34.1. The number of hydrogen-bond acceptors (Lipinski definition) is 7. The first-order valence-corrected chi connectivity index (χ1v) is 18.2. The van der Waals surface area contributed by atoms with Crippen molar-refractivity contribution in [3.8, 4) is 23.6 Å². The Morgan fingerprint density at radius 3 is 1.86 bits per heavy atom. The summed E-state index contributed by atoms with van der Waals surface area (Å²) >= 11 is 0. The van der Waals surface area contributed by atoms with Crippen LogP contribution < -0.4 is 0 Å². The van der Waals surface area contributed by atoms with Gasteiger partial charge < -0.3 is 9.47 Å². The number of nitrogens with one attached hydrogen (secondary N) is 1. The second-order valence-corrected chi connectivity index (χ2v) is 16.6. The molecule has 0 amide bonds. The van der Waals surface area contributed by atoms with Crippen molar-refractivity contribution in [1.82, 2.24) is 15.4 Å². The van der Waals surface area contributed by atoms with Crippen LogP contribution in [0, 0.1) is 26.2 Å². The number of H-pyrrole nitrogens is 1. The van der Waals surface area contributed by atoms with Gasteiger partial charge in [0.1, 0.15) is 13.9 Å². The summed E-state index contributed by atoms with van der Waals surface area (Å²) in [6.07, 6.45) is 14.5. The third-order valence-corrected chi connectivity index (χ3v) is 8.57. The van der Waals surface area contributed by atoms with Gasteiger partial charge in [0, 0.05) is 11.1 Å². The number of methoxy groups -OCH3 is 2. The van der Waals surface area contributed by atoms with E-state index in [0.29, 0.717) is 23.0 Å². The van der Waals surface area contributed by atoms with Crippen molar-refractivity contribution in [3.05, 3.63) is 79.8 Å². The van der Waals surface area contributed by atoms with Crippen LogP contribution in [0.4, 0.5) is 0 Å². The van der Waals surface area contributed by atoms with Crippen molar-refractivity contribution >= 4 is 20.2 Å². The second kappa shape index (κ2) is 15.4. The molecule has 0 aliphatic heterocycles. The van der Waals surface area contributed by atoms with E-state index in [1.54, 1.807) is 12.3 Å². The summed E-state index contributed by atoms with van der Waals surface area (Å²) in [5, 5.41) is 10.7. The number of hydrogen-bond donors (Lipinski definition) is 1. The number of carbonyl (C=O) groups excluding carboxylic acids is 2. The maximum atomic E-state index is 11.9. The average molecular weight is 615 g/mol. The van der Waals surface area contributed by atoms with Crippen LogP contribution in [0.25, 0.3) is 21.7 Å². The van der Waals surface area contributed by atoms with E-state index in [2.05, 4.69) is 37.1 Å². The molecule has 3 aromatic rings. The Kier molecular flexibility index (Phi) is 11.9. The molecule has 2 aliphatic carbocycles. The summed E-state index contributed by atoms with van der Waals surface area (Å²) < 4.78 is 13.2. The van der Waals surface area contributed by atoms with Gasteiger partial charge in [0.25, 0.3) is 0 Å². The fraction of sp³-hybridized carbons (Fsp3) is 0.455. The molecular formula is C33H42N6O4Si. The molecule has 2 aromatic carbocycles. The van der Waals surface area contributed by atoms with E-state index in [4.69, 9.17) is 21.4 Å². The molecule has 1 N–H and O–H groups in total. The van der Waals surface area contributed by atoms with Crippen LogP contribution in [0.3, 0.4) is 0 Å².